The fourth-order valence-electron chi connectivity index (χ4n) is 2.23. The van der Waals surface area contributed by atoms with Gasteiger partial charge in [-0.15, -0.1) is 0 Å². The number of benzene rings is 2. The summed E-state index contributed by atoms with van der Waals surface area (Å²) in [4.78, 5) is 14.0. The largest absolute Gasteiger partial charge is 0.327 e. The first-order valence-electron chi connectivity index (χ1n) is 6.99. The zero-order chi connectivity index (χ0) is 16.2. The molecule has 23 heavy (non-hydrogen) atoms. The summed E-state index contributed by atoms with van der Waals surface area (Å²) in [5.74, 6) is -0.221. The van der Waals surface area contributed by atoms with Gasteiger partial charge in [0.1, 0.15) is 5.70 Å². The van der Waals surface area contributed by atoms with Crippen LogP contribution in [0.3, 0.4) is 0 Å². The van der Waals surface area contributed by atoms with Crippen molar-refractivity contribution < 1.29 is 4.79 Å². The van der Waals surface area contributed by atoms with Gasteiger partial charge >= 0.3 is 0 Å². The van der Waals surface area contributed by atoms with Crippen LogP contribution >= 0.6 is 23.8 Å². The minimum absolute atomic E-state index is 0.221. The van der Waals surface area contributed by atoms with Crippen LogP contribution in [-0.4, -0.2) is 11.0 Å². The van der Waals surface area contributed by atoms with Crippen molar-refractivity contribution in [2.45, 2.75) is 0 Å². The molecule has 1 aliphatic heterocycles. The molecule has 0 aliphatic carbocycles. The van der Waals surface area contributed by atoms with Crippen molar-refractivity contribution in [1.29, 1.82) is 0 Å². The van der Waals surface area contributed by atoms with Gasteiger partial charge in [0.2, 0.25) is 0 Å². The van der Waals surface area contributed by atoms with Crippen molar-refractivity contribution in [3.8, 4) is 0 Å². The first-order valence-corrected chi connectivity index (χ1v) is 7.78. The smallest absolute Gasteiger partial charge is 0.281 e. The van der Waals surface area contributed by atoms with E-state index in [0.29, 0.717) is 15.8 Å². The molecule has 0 unspecified atom stereocenters. The Bertz CT molecular complexity index is 800. The second-order valence-electron chi connectivity index (χ2n) is 4.90. The number of allylic oxidation sites excluding steroid dienone is 2. The van der Waals surface area contributed by atoms with E-state index in [2.05, 4.69) is 5.32 Å². The summed E-state index contributed by atoms with van der Waals surface area (Å²) in [6, 6.07) is 18.9. The monoisotopic (exact) mass is 340 g/mol. The molecule has 114 valence electrons. The van der Waals surface area contributed by atoms with E-state index in [9.17, 15) is 4.79 Å². The van der Waals surface area contributed by atoms with Gasteiger partial charge in [-0.1, -0.05) is 60.1 Å². The molecule has 3 rings (SSSR count). The van der Waals surface area contributed by atoms with Crippen LogP contribution < -0.4 is 10.2 Å². The fraction of sp³-hybridized carbons (Fsp3) is 0. The number of anilines is 1. The van der Waals surface area contributed by atoms with E-state index in [0.717, 1.165) is 11.3 Å². The Hall–Kier alpha value is -2.43. The standard InChI is InChI=1S/C18H13ClN2OS/c19-14(11-13-7-3-1-4-8-13)12-16-17(22)21(18(23)20-16)15-9-5-2-6-10-15/h1-12H,(H,20,23)/b14-11-,16-12+. The molecule has 0 saturated carbocycles. The Kier molecular flexibility index (Phi) is 4.55. The molecule has 5 heteroatoms. The van der Waals surface area contributed by atoms with E-state index in [-0.39, 0.29) is 5.91 Å². The molecule has 0 atom stereocenters. The quantitative estimate of drug-likeness (QED) is 0.675. The second kappa shape index (κ2) is 6.77. The van der Waals surface area contributed by atoms with Gasteiger partial charge in [0.15, 0.2) is 5.11 Å². The first kappa shape index (κ1) is 15.5. The molecular formula is C18H13ClN2OS. The van der Waals surface area contributed by atoms with Crippen molar-refractivity contribution in [1.82, 2.24) is 5.32 Å². The molecule has 1 fully saturated rings. The lowest BCUT2D eigenvalue weighted by atomic mass is 10.2. The van der Waals surface area contributed by atoms with E-state index in [1.54, 1.807) is 12.2 Å². The molecule has 0 spiro atoms. The van der Waals surface area contributed by atoms with Crippen molar-refractivity contribution in [3.05, 3.63) is 83.0 Å². The Balaban J connectivity index is 1.86. The van der Waals surface area contributed by atoms with Crippen LogP contribution in [0.25, 0.3) is 6.08 Å². The number of para-hydroxylation sites is 1. The lowest BCUT2D eigenvalue weighted by Crippen LogP contribution is -2.30. The Morgan fingerprint density at radius 3 is 2.30 bits per heavy atom. The van der Waals surface area contributed by atoms with Gasteiger partial charge in [-0.3, -0.25) is 9.69 Å². The summed E-state index contributed by atoms with van der Waals surface area (Å²) in [6.07, 6.45) is 3.38. The van der Waals surface area contributed by atoms with Crippen LogP contribution in [0.1, 0.15) is 5.56 Å². The number of rotatable bonds is 3. The highest BCUT2D eigenvalue weighted by Crippen LogP contribution is 2.22. The number of carbonyl (C=O) groups is 1. The topological polar surface area (TPSA) is 32.3 Å². The number of thiocarbonyl (C=S) groups is 1. The molecule has 2 aromatic carbocycles. The average Bonchev–Trinajstić information content (AvgIpc) is 2.83. The van der Waals surface area contributed by atoms with E-state index >= 15 is 0 Å². The van der Waals surface area contributed by atoms with Gasteiger partial charge in [-0.2, -0.15) is 0 Å². The van der Waals surface area contributed by atoms with E-state index in [1.807, 2.05) is 60.7 Å². The molecule has 1 N–H and O–H groups in total. The van der Waals surface area contributed by atoms with Gasteiger partial charge in [0, 0.05) is 5.03 Å². The molecule has 3 nitrogen and oxygen atoms in total. The van der Waals surface area contributed by atoms with Crippen LogP contribution in [0.15, 0.2) is 77.5 Å². The second-order valence-corrected chi connectivity index (χ2v) is 5.73. The van der Waals surface area contributed by atoms with Gasteiger partial charge in [0.05, 0.1) is 5.69 Å². The lowest BCUT2D eigenvalue weighted by molar-refractivity contribution is -0.113. The lowest BCUT2D eigenvalue weighted by Gasteiger charge is -2.13. The third-order valence-electron chi connectivity index (χ3n) is 3.28. The van der Waals surface area contributed by atoms with Crippen LogP contribution in [0.2, 0.25) is 0 Å². The van der Waals surface area contributed by atoms with E-state index < -0.39 is 0 Å². The summed E-state index contributed by atoms with van der Waals surface area (Å²) in [5.41, 5.74) is 2.04. The summed E-state index contributed by atoms with van der Waals surface area (Å²) >= 11 is 11.5. The molecule has 2 aromatic rings. The normalized spacial score (nSPS) is 16.8. The summed E-state index contributed by atoms with van der Waals surface area (Å²) in [6.45, 7) is 0. The van der Waals surface area contributed by atoms with E-state index in [4.69, 9.17) is 23.8 Å². The fourth-order valence-corrected chi connectivity index (χ4v) is 2.77. The number of nitrogens with one attached hydrogen (secondary N) is 1. The Labute approximate surface area is 144 Å². The molecule has 0 aromatic heterocycles. The number of nitrogens with zero attached hydrogens (tertiary/aromatic N) is 1. The van der Waals surface area contributed by atoms with Crippen molar-refractivity contribution >= 4 is 46.6 Å². The molecular weight excluding hydrogens is 328 g/mol. The number of amides is 1. The number of halogens is 1. The molecule has 1 amide bonds. The SMILES string of the molecule is O=C1/C(=C\C(Cl)=C\c2ccccc2)NC(=S)N1c1ccccc1. The number of hydrogen-bond acceptors (Lipinski definition) is 2. The van der Waals surface area contributed by atoms with Crippen molar-refractivity contribution in [2.75, 3.05) is 4.90 Å². The third kappa shape index (κ3) is 3.50. The molecule has 1 heterocycles. The van der Waals surface area contributed by atoms with Crippen molar-refractivity contribution in [2.24, 2.45) is 0 Å². The average molecular weight is 341 g/mol. The minimum Gasteiger partial charge on any atom is -0.327 e. The van der Waals surface area contributed by atoms with Crippen LogP contribution in [0.4, 0.5) is 5.69 Å². The molecule has 1 saturated heterocycles. The molecule has 0 radical (unpaired) electrons. The van der Waals surface area contributed by atoms with Gasteiger partial charge in [-0.25, -0.2) is 0 Å². The predicted molar refractivity (Wildman–Crippen MR) is 98.0 cm³/mol. The number of carbonyl (C=O) groups excluding carboxylic acids is 1. The highest BCUT2D eigenvalue weighted by Gasteiger charge is 2.31. The van der Waals surface area contributed by atoms with Crippen LogP contribution in [-0.2, 0) is 4.79 Å². The van der Waals surface area contributed by atoms with Gasteiger partial charge in [0.25, 0.3) is 5.91 Å². The Morgan fingerprint density at radius 2 is 1.65 bits per heavy atom. The molecule has 1 aliphatic rings. The summed E-state index contributed by atoms with van der Waals surface area (Å²) < 4.78 is 0. The first-order chi connectivity index (χ1) is 11.1. The van der Waals surface area contributed by atoms with Crippen LogP contribution in [0, 0.1) is 0 Å². The third-order valence-corrected chi connectivity index (χ3v) is 3.78. The summed E-state index contributed by atoms with van der Waals surface area (Å²) in [5, 5.41) is 3.71. The Morgan fingerprint density at radius 1 is 1.04 bits per heavy atom. The highest BCUT2D eigenvalue weighted by atomic mass is 35.5. The minimum atomic E-state index is -0.221. The zero-order valence-electron chi connectivity index (χ0n) is 12.1. The zero-order valence-corrected chi connectivity index (χ0v) is 13.6. The van der Waals surface area contributed by atoms with Gasteiger partial charge < -0.3 is 5.32 Å². The maximum atomic E-state index is 12.5. The number of hydrogen-bond donors (Lipinski definition) is 1. The van der Waals surface area contributed by atoms with Gasteiger partial charge in [-0.05, 0) is 42.1 Å². The maximum absolute atomic E-state index is 12.5. The van der Waals surface area contributed by atoms with Crippen LogP contribution in [0.5, 0.6) is 0 Å². The predicted octanol–water partition coefficient (Wildman–Crippen LogP) is 4.07. The van der Waals surface area contributed by atoms with E-state index in [1.165, 1.54) is 4.90 Å². The summed E-state index contributed by atoms with van der Waals surface area (Å²) in [7, 11) is 0. The molecule has 0 bridgehead atoms. The van der Waals surface area contributed by atoms with Crippen molar-refractivity contribution in [3.63, 3.8) is 0 Å². The maximum Gasteiger partial charge on any atom is 0.281 e. The highest BCUT2D eigenvalue weighted by molar-refractivity contribution is 7.80.